The molecule has 0 radical (unpaired) electrons. The number of nitrogens with one attached hydrogen (secondary N) is 1. The molecule has 0 bridgehead atoms. The quantitative estimate of drug-likeness (QED) is 0.869. The third-order valence-electron chi connectivity index (χ3n) is 4.32. The van der Waals surface area contributed by atoms with Gasteiger partial charge in [-0.2, -0.15) is 0 Å². The Bertz CT molecular complexity index is 605. The fourth-order valence-electron chi connectivity index (χ4n) is 2.66. The summed E-state index contributed by atoms with van der Waals surface area (Å²) in [6.45, 7) is 14.8. The van der Waals surface area contributed by atoms with Crippen LogP contribution in [0.25, 0.3) is 0 Å². The monoisotopic (exact) mass is 381 g/mol. The summed E-state index contributed by atoms with van der Waals surface area (Å²) >= 11 is 0. The summed E-state index contributed by atoms with van der Waals surface area (Å²) in [5, 5.41) is 0. The standard InChI is InChI=1S/C18H29N3O2S.CH2O/c1-14(19-24(23)18(3,4)5)16-6-8-17(9-7-16)21-12-10-20(11-13-21)15(2)22;1-2/h6-9,14,19H,10-13H2,1-5H3;1H2/t14-,24?;/m0./s1. The van der Waals surface area contributed by atoms with Crippen molar-refractivity contribution in [1.29, 1.82) is 0 Å². The molecule has 2 rings (SSSR count). The first-order valence-electron chi connectivity index (χ1n) is 8.76. The van der Waals surface area contributed by atoms with E-state index in [0.29, 0.717) is 0 Å². The highest BCUT2D eigenvalue weighted by Gasteiger charge is 2.22. The van der Waals surface area contributed by atoms with Crippen molar-refractivity contribution in [3.8, 4) is 0 Å². The van der Waals surface area contributed by atoms with E-state index in [1.807, 2.05) is 39.4 Å². The van der Waals surface area contributed by atoms with Gasteiger partial charge in [0.15, 0.2) is 0 Å². The molecule has 1 fully saturated rings. The fourth-order valence-corrected chi connectivity index (χ4v) is 3.47. The highest BCUT2D eigenvalue weighted by Crippen LogP contribution is 2.22. The maximum absolute atomic E-state index is 12.2. The minimum atomic E-state index is -1.08. The number of carbonyl (C=O) groups excluding carboxylic acids is 2. The molecular formula is C19H31N3O3S. The number of hydrogen-bond acceptors (Lipinski definition) is 4. The Hall–Kier alpha value is -1.73. The van der Waals surface area contributed by atoms with Gasteiger partial charge < -0.3 is 14.6 Å². The number of rotatable bonds is 4. The SMILES string of the molecule is C=O.CC(=O)N1CCN(c2ccc([C@H](C)NS(=O)C(C)(C)C)cc2)CC1. The molecule has 0 aliphatic carbocycles. The summed E-state index contributed by atoms with van der Waals surface area (Å²) in [6.07, 6.45) is 0. The number of amides is 1. The van der Waals surface area contributed by atoms with Gasteiger partial charge in [0.05, 0.1) is 15.7 Å². The second kappa shape index (κ2) is 9.83. The lowest BCUT2D eigenvalue weighted by Gasteiger charge is -2.35. The molecule has 1 unspecified atom stereocenters. The van der Waals surface area contributed by atoms with Crippen molar-refractivity contribution in [3.05, 3.63) is 29.8 Å². The van der Waals surface area contributed by atoms with Gasteiger partial charge in [-0.1, -0.05) is 12.1 Å². The van der Waals surface area contributed by atoms with Crippen LogP contribution in [-0.2, 0) is 20.6 Å². The molecule has 0 spiro atoms. The third kappa shape index (κ3) is 6.21. The largest absolute Gasteiger partial charge is 0.368 e. The third-order valence-corrected chi connectivity index (χ3v) is 6.00. The van der Waals surface area contributed by atoms with Gasteiger partial charge >= 0.3 is 0 Å². The van der Waals surface area contributed by atoms with Crippen molar-refractivity contribution < 1.29 is 13.8 Å². The van der Waals surface area contributed by atoms with Crippen molar-refractivity contribution in [2.24, 2.45) is 0 Å². The Morgan fingerprint density at radius 3 is 2.04 bits per heavy atom. The maximum atomic E-state index is 12.2. The van der Waals surface area contributed by atoms with E-state index in [0.717, 1.165) is 31.7 Å². The Morgan fingerprint density at radius 2 is 1.62 bits per heavy atom. The van der Waals surface area contributed by atoms with Gasteiger partial charge in [0, 0.05) is 44.8 Å². The second-order valence-electron chi connectivity index (χ2n) is 7.31. The minimum Gasteiger partial charge on any atom is -0.368 e. The molecule has 1 aromatic rings. The first kappa shape index (κ1) is 22.3. The Morgan fingerprint density at radius 1 is 1.12 bits per heavy atom. The first-order valence-corrected chi connectivity index (χ1v) is 9.91. The van der Waals surface area contributed by atoms with Crippen molar-refractivity contribution in [1.82, 2.24) is 9.62 Å². The van der Waals surface area contributed by atoms with Crippen molar-refractivity contribution in [2.75, 3.05) is 31.1 Å². The van der Waals surface area contributed by atoms with Gasteiger partial charge in [-0.3, -0.25) is 4.79 Å². The van der Waals surface area contributed by atoms with Crippen molar-refractivity contribution in [2.45, 2.75) is 45.4 Å². The summed E-state index contributed by atoms with van der Waals surface area (Å²) < 4.78 is 15.1. The summed E-state index contributed by atoms with van der Waals surface area (Å²) in [4.78, 5) is 23.6. The smallest absolute Gasteiger partial charge is 0.219 e. The Balaban J connectivity index is 0.00000163. The molecule has 0 aromatic heterocycles. The molecule has 2 atom stereocenters. The van der Waals surface area contributed by atoms with E-state index >= 15 is 0 Å². The van der Waals surface area contributed by atoms with Gasteiger partial charge in [-0.15, -0.1) is 0 Å². The Labute approximate surface area is 159 Å². The van der Waals surface area contributed by atoms with E-state index in [1.54, 1.807) is 6.92 Å². The lowest BCUT2D eigenvalue weighted by molar-refractivity contribution is -0.129. The molecule has 146 valence electrons. The summed E-state index contributed by atoms with van der Waals surface area (Å²) in [5.41, 5.74) is 2.30. The van der Waals surface area contributed by atoms with Crippen LogP contribution in [0, 0.1) is 0 Å². The van der Waals surface area contributed by atoms with Crippen LogP contribution in [0.2, 0.25) is 0 Å². The number of anilines is 1. The number of nitrogens with zero attached hydrogens (tertiary/aromatic N) is 2. The van der Waals surface area contributed by atoms with E-state index in [-0.39, 0.29) is 16.7 Å². The molecule has 1 aliphatic rings. The van der Waals surface area contributed by atoms with Crippen LogP contribution in [0.4, 0.5) is 5.69 Å². The van der Waals surface area contributed by atoms with E-state index < -0.39 is 11.0 Å². The van der Waals surface area contributed by atoms with Crippen LogP contribution < -0.4 is 9.62 Å². The van der Waals surface area contributed by atoms with Crippen LogP contribution >= 0.6 is 0 Å². The Kier molecular flexibility index (Phi) is 8.43. The zero-order chi connectivity index (χ0) is 19.9. The molecule has 6 nitrogen and oxygen atoms in total. The molecular weight excluding hydrogens is 350 g/mol. The van der Waals surface area contributed by atoms with Crippen molar-refractivity contribution in [3.63, 3.8) is 0 Å². The lowest BCUT2D eigenvalue weighted by atomic mass is 10.1. The van der Waals surface area contributed by atoms with Crippen molar-refractivity contribution >= 4 is 29.4 Å². The summed E-state index contributed by atoms with van der Waals surface area (Å²) in [7, 11) is -1.08. The topological polar surface area (TPSA) is 69.7 Å². The predicted molar refractivity (Wildman–Crippen MR) is 107 cm³/mol. The number of piperazine rings is 1. The van der Waals surface area contributed by atoms with E-state index in [2.05, 4.69) is 33.9 Å². The van der Waals surface area contributed by atoms with Gasteiger partial charge in [0.25, 0.3) is 0 Å². The van der Waals surface area contributed by atoms with Crippen LogP contribution in [0.1, 0.15) is 46.2 Å². The minimum absolute atomic E-state index is 0.0358. The van der Waals surface area contributed by atoms with E-state index in [1.165, 1.54) is 5.69 Å². The highest BCUT2D eigenvalue weighted by molar-refractivity contribution is 7.84. The van der Waals surface area contributed by atoms with Crippen LogP contribution in [0.5, 0.6) is 0 Å². The van der Waals surface area contributed by atoms with Crippen LogP contribution in [-0.4, -0.2) is 52.7 Å². The number of carbonyl (C=O) groups is 2. The number of benzene rings is 1. The molecule has 1 N–H and O–H groups in total. The van der Waals surface area contributed by atoms with E-state index in [4.69, 9.17) is 4.79 Å². The lowest BCUT2D eigenvalue weighted by Crippen LogP contribution is -2.48. The zero-order valence-electron chi connectivity index (χ0n) is 16.4. The van der Waals surface area contributed by atoms with E-state index in [9.17, 15) is 9.00 Å². The summed E-state index contributed by atoms with van der Waals surface area (Å²) in [6, 6.07) is 8.43. The van der Waals surface area contributed by atoms with Gasteiger partial charge in [0.1, 0.15) is 6.79 Å². The molecule has 1 heterocycles. The van der Waals surface area contributed by atoms with Crippen LogP contribution in [0.15, 0.2) is 24.3 Å². The summed E-state index contributed by atoms with van der Waals surface area (Å²) in [5.74, 6) is 0.150. The number of hydrogen-bond donors (Lipinski definition) is 1. The fraction of sp³-hybridized carbons (Fsp3) is 0.579. The molecule has 7 heteroatoms. The highest BCUT2D eigenvalue weighted by atomic mass is 32.2. The molecule has 1 aromatic carbocycles. The second-order valence-corrected chi connectivity index (χ2v) is 9.30. The van der Waals surface area contributed by atoms with Gasteiger partial charge in [-0.05, 0) is 45.4 Å². The molecule has 1 aliphatic heterocycles. The van der Waals surface area contributed by atoms with Crippen LogP contribution in [0.3, 0.4) is 0 Å². The van der Waals surface area contributed by atoms with Gasteiger partial charge in [0.2, 0.25) is 5.91 Å². The average molecular weight is 382 g/mol. The van der Waals surface area contributed by atoms with Gasteiger partial charge in [-0.25, -0.2) is 8.93 Å². The zero-order valence-corrected chi connectivity index (χ0v) is 17.3. The molecule has 26 heavy (non-hydrogen) atoms. The average Bonchev–Trinajstić information content (AvgIpc) is 2.62. The maximum Gasteiger partial charge on any atom is 0.219 e. The molecule has 1 amide bonds. The predicted octanol–water partition coefficient (Wildman–Crippen LogP) is 2.28. The normalized spacial score (nSPS) is 17.1. The molecule has 1 saturated heterocycles. The first-order chi connectivity index (χ1) is 12.2. The molecule has 0 saturated carbocycles.